The van der Waals surface area contributed by atoms with Crippen LogP contribution in [0.25, 0.3) is 0 Å². The van der Waals surface area contributed by atoms with Gasteiger partial charge in [0.25, 0.3) is 0 Å². The molecular formula is C14H16ClN3O2S. The summed E-state index contributed by atoms with van der Waals surface area (Å²) in [5.41, 5.74) is 5.76. The molecule has 1 aliphatic heterocycles. The van der Waals surface area contributed by atoms with Crippen LogP contribution in [0.1, 0.15) is 24.6 Å². The van der Waals surface area contributed by atoms with E-state index < -0.39 is 5.54 Å². The molecule has 0 amide bonds. The number of halogens is 1. The zero-order valence-corrected chi connectivity index (χ0v) is 13.0. The molecule has 0 bridgehead atoms. The van der Waals surface area contributed by atoms with Crippen LogP contribution in [0, 0.1) is 0 Å². The monoisotopic (exact) mass is 325 g/mol. The van der Waals surface area contributed by atoms with E-state index in [2.05, 4.69) is 10.1 Å². The number of aromatic nitrogens is 2. The lowest BCUT2D eigenvalue weighted by molar-refractivity contribution is 0.0400. The van der Waals surface area contributed by atoms with E-state index in [0.717, 1.165) is 9.92 Å². The molecule has 0 atom stereocenters. The highest BCUT2D eigenvalue weighted by molar-refractivity contribution is 7.98. The first kappa shape index (κ1) is 14.8. The van der Waals surface area contributed by atoms with Crippen molar-refractivity contribution in [2.75, 3.05) is 13.2 Å². The summed E-state index contributed by atoms with van der Waals surface area (Å²) >= 11 is 7.70. The minimum Gasteiger partial charge on any atom is -0.381 e. The number of rotatable bonds is 4. The minimum absolute atomic E-state index is 0.501. The van der Waals surface area contributed by atoms with Crippen molar-refractivity contribution < 1.29 is 9.26 Å². The largest absolute Gasteiger partial charge is 0.381 e. The van der Waals surface area contributed by atoms with Gasteiger partial charge in [-0.2, -0.15) is 4.98 Å². The van der Waals surface area contributed by atoms with Gasteiger partial charge in [-0.25, -0.2) is 0 Å². The van der Waals surface area contributed by atoms with Crippen molar-refractivity contribution in [1.82, 2.24) is 10.1 Å². The molecule has 1 saturated heterocycles. The van der Waals surface area contributed by atoms with Gasteiger partial charge < -0.3 is 15.0 Å². The topological polar surface area (TPSA) is 74.2 Å². The number of hydrogen-bond acceptors (Lipinski definition) is 6. The van der Waals surface area contributed by atoms with Crippen LogP contribution < -0.4 is 5.73 Å². The third-order valence-corrected chi connectivity index (χ3v) is 4.98. The Labute approximate surface area is 132 Å². The van der Waals surface area contributed by atoms with Gasteiger partial charge >= 0.3 is 0 Å². The van der Waals surface area contributed by atoms with E-state index in [9.17, 15) is 0 Å². The predicted octanol–water partition coefficient (Wildman–Crippen LogP) is 2.98. The van der Waals surface area contributed by atoms with Gasteiger partial charge in [0.05, 0.1) is 10.8 Å². The van der Waals surface area contributed by atoms with Gasteiger partial charge in [-0.3, -0.25) is 0 Å². The average Bonchev–Trinajstić information content (AvgIpc) is 2.97. The maximum atomic E-state index is 6.32. The zero-order valence-electron chi connectivity index (χ0n) is 11.4. The molecule has 0 saturated carbocycles. The summed E-state index contributed by atoms with van der Waals surface area (Å²) in [5.74, 6) is 1.73. The van der Waals surface area contributed by atoms with E-state index in [1.165, 1.54) is 0 Å². The Morgan fingerprint density at radius 1 is 1.29 bits per heavy atom. The fourth-order valence-electron chi connectivity index (χ4n) is 2.17. The molecule has 1 aliphatic rings. The lowest BCUT2D eigenvalue weighted by Crippen LogP contribution is -2.42. The van der Waals surface area contributed by atoms with E-state index in [0.29, 0.717) is 43.5 Å². The Morgan fingerprint density at radius 3 is 2.81 bits per heavy atom. The van der Waals surface area contributed by atoms with Crippen molar-refractivity contribution in [3.05, 3.63) is 41.0 Å². The van der Waals surface area contributed by atoms with Gasteiger partial charge in [0, 0.05) is 18.1 Å². The smallest absolute Gasteiger partial charge is 0.246 e. The van der Waals surface area contributed by atoms with Crippen molar-refractivity contribution >= 4 is 23.4 Å². The van der Waals surface area contributed by atoms with Gasteiger partial charge in [0.15, 0.2) is 5.82 Å². The Bertz CT molecular complexity index is 614. The summed E-state index contributed by atoms with van der Waals surface area (Å²) in [6.07, 6.45) is 1.40. The summed E-state index contributed by atoms with van der Waals surface area (Å²) in [7, 11) is 0. The van der Waals surface area contributed by atoms with Gasteiger partial charge in [0.1, 0.15) is 5.54 Å². The Balaban J connectivity index is 1.67. The number of benzene rings is 1. The number of nitrogens with zero attached hydrogens (tertiary/aromatic N) is 2. The lowest BCUT2D eigenvalue weighted by atomic mass is 9.91. The van der Waals surface area contributed by atoms with Crippen LogP contribution in [0.3, 0.4) is 0 Å². The minimum atomic E-state index is -0.557. The predicted molar refractivity (Wildman–Crippen MR) is 81.2 cm³/mol. The zero-order chi connectivity index (χ0) is 14.7. The lowest BCUT2D eigenvalue weighted by Gasteiger charge is -2.29. The standard InChI is InChI=1S/C14H16ClN3O2S/c15-10-3-1-2-4-11(10)21-9-12-17-13(20-18-12)14(16)5-7-19-8-6-14/h1-4H,5-9,16H2. The molecule has 1 aromatic carbocycles. The first-order valence-corrected chi connectivity index (χ1v) is 8.11. The molecule has 112 valence electrons. The molecule has 2 N–H and O–H groups in total. The van der Waals surface area contributed by atoms with Crippen LogP contribution in [0.5, 0.6) is 0 Å². The molecule has 7 heteroatoms. The molecule has 0 unspecified atom stereocenters. The van der Waals surface area contributed by atoms with Crippen LogP contribution in [-0.2, 0) is 16.0 Å². The van der Waals surface area contributed by atoms with E-state index >= 15 is 0 Å². The average molecular weight is 326 g/mol. The highest BCUT2D eigenvalue weighted by Gasteiger charge is 2.35. The second kappa shape index (κ2) is 6.36. The molecule has 21 heavy (non-hydrogen) atoms. The van der Waals surface area contributed by atoms with Gasteiger partial charge in [0.2, 0.25) is 5.89 Å². The number of thioether (sulfide) groups is 1. The Hall–Kier alpha value is -1.08. The fourth-order valence-corrected chi connectivity index (χ4v) is 3.25. The second-order valence-corrected chi connectivity index (χ2v) is 6.43. The third-order valence-electron chi connectivity index (χ3n) is 3.47. The van der Waals surface area contributed by atoms with E-state index in [1.54, 1.807) is 11.8 Å². The molecule has 0 radical (unpaired) electrons. The van der Waals surface area contributed by atoms with Gasteiger partial charge in [-0.05, 0) is 25.0 Å². The second-order valence-electron chi connectivity index (χ2n) is 5.00. The molecule has 1 fully saturated rings. The van der Waals surface area contributed by atoms with E-state index in [-0.39, 0.29) is 0 Å². The summed E-state index contributed by atoms with van der Waals surface area (Å²) in [6, 6.07) is 7.69. The van der Waals surface area contributed by atoms with Crippen molar-refractivity contribution in [1.29, 1.82) is 0 Å². The van der Waals surface area contributed by atoms with Gasteiger partial charge in [-0.1, -0.05) is 28.9 Å². The molecule has 0 aliphatic carbocycles. The molecule has 2 aromatic rings. The quantitative estimate of drug-likeness (QED) is 0.871. The summed E-state index contributed by atoms with van der Waals surface area (Å²) < 4.78 is 10.7. The number of ether oxygens (including phenoxy) is 1. The highest BCUT2D eigenvalue weighted by Crippen LogP contribution is 2.31. The first-order chi connectivity index (χ1) is 10.2. The summed E-state index contributed by atoms with van der Waals surface area (Å²) in [4.78, 5) is 5.43. The number of hydrogen-bond donors (Lipinski definition) is 1. The van der Waals surface area contributed by atoms with Crippen molar-refractivity contribution in [3.63, 3.8) is 0 Å². The third kappa shape index (κ3) is 3.40. The van der Waals surface area contributed by atoms with Crippen molar-refractivity contribution in [2.24, 2.45) is 5.73 Å². The Kier molecular flexibility index (Phi) is 4.49. The summed E-state index contributed by atoms with van der Waals surface area (Å²) in [6.45, 7) is 1.26. The Morgan fingerprint density at radius 2 is 2.05 bits per heavy atom. The van der Waals surface area contributed by atoms with Crippen molar-refractivity contribution in [2.45, 2.75) is 29.0 Å². The van der Waals surface area contributed by atoms with Crippen LogP contribution in [0.4, 0.5) is 0 Å². The molecule has 2 heterocycles. The highest BCUT2D eigenvalue weighted by atomic mass is 35.5. The molecule has 3 rings (SSSR count). The maximum Gasteiger partial charge on any atom is 0.246 e. The van der Waals surface area contributed by atoms with Crippen LogP contribution in [0.15, 0.2) is 33.7 Å². The molecule has 5 nitrogen and oxygen atoms in total. The SMILES string of the molecule is NC1(c2nc(CSc3ccccc3Cl)no2)CCOCC1. The van der Waals surface area contributed by atoms with E-state index in [1.807, 2.05) is 24.3 Å². The first-order valence-electron chi connectivity index (χ1n) is 6.74. The molecule has 1 aromatic heterocycles. The van der Waals surface area contributed by atoms with Gasteiger partial charge in [-0.15, -0.1) is 11.8 Å². The summed E-state index contributed by atoms with van der Waals surface area (Å²) in [5, 5.41) is 4.74. The van der Waals surface area contributed by atoms with Crippen LogP contribution >= 0.6 is 23.4 Å². The molecule has 0 spiro atoms. The fraction of sp³-hybridized carbons (Fsp3) is 0.429. The van der Waals surface area contributed by atoms with Crippen LogP contribution in [-0.4, -0.2) is 23.4 Å². The maximum absolute atomic E-state index is 6.32. The molecular weight excluding hydrogens is 310 g/mol. The van der Waals surface area contributed by atoms with E-state index in [4.69, 9.17) is 26.6 Å². The normalized spacial score (nSPS) is 17.8. The number of nitrogens with two attached hydrogens (primary N) is 1. The van der Waals surface area contributed by atoms with Crippen LogP contribution in [0.2, 0.25) is 5.02 Å². The van der Waals surface area contributed by atoms with Crippen molar-refractivity contribution in [3.8, 4) is 0 Å².